The Morgan fingerprint density at radius 1 is 1.12 bits per heavy atom. The first-order valence-electron chi connectivity index (χ1n) is 6.24. The molecule has 0 aromatic heterocycles. The summed E-state index contributed by atoms with van der Waals surface area (Å²) >= 11 is 5.24. The molecule has 3 nitrogen and oxygen atoms in total. The fraction of sp³-hybridized carbons (Fsp3) is 0.833. The normalized spacial score (nSPS) is 9.94. The molecule has 0 bridgehead atoms. The largest absolute Gasteiger partial charge is 0.349 e. The maximum Gasteiger partial charge on any atom is 0.225 e. The van der Waals surface area contributed by atoms with Gasteiger partial charge in [-0.25, -0.2) is 0 Å². The fourth-order valence-electron chi connectivity index (χ4n) is 1.30. The summed E-state index contributed by atoms with van der Waals surface area (Å²) in [4.78, 5) is 13.4. The average molecular weight is 244 g/mol. The van der Waals surface area contributed by atoms with Crippen molar-refractivity contribution >= 4 is 23.2 Å². The number of hydrogen-bond donors (Lipinski definition) is 1. The zero-order chi connectivity index (χ0) is 12.4. The third-order valence-electron chi connectivity index (χ3n) is 2.42. The molecular weight excluding hydrogens is 220 g/mol. The van der Waals surface area contributed by atoms with Crippen molar-refractivity contribution in [1.82, 2.24) is 10.2 Å². The molecule has 94 valence electrons. The molecule has 0 aromatic carbocycles. The standard InChI is InChI=1S/C12H24N2OS/c1-4-7-9-14(10-8-5-2)12(16)13-11(15)6-3/h4-10H2,1-3H3,(H,13,15,16). The highest BCUT2D eigenvalue weighted by molar-refractivity contribution is 7.80. The van der Waals surface area contributed by atoms with Crippen LogP contribution < -0.4 is 5.32 Å². The zero-order valence-corrected chi connectivity index (χ0v) is 11.5. The lowest BCUT2D eigenvalue weighted by atomic mass is 10.3. The first kappa shape index (κ1) is 15.4. The Morgan fingerprint density at radius 2 is 1.62 bits per heavy atom. The van der Waals surface area contributed by atoms with E-state index < -0.39 is 0 Å². The number of rotatable bonds is 7. The summed E-state index contributed by atoms with van der Waals surface area (Å²) in [7, 11) is 0. The molecule has 0 radical (unpaired) electrons. The third kappa shape index (κ3) is 6.77. The van der Waals surface area contributed by atoms with Gasteiger partial charge in [0.05, 0.1) is 0 Å². The second-order valence-electron chi connectivity index (χ2n) is 3.90. The molecule has 0 atom stereocenters. The molecule has 0 saturated carbocycles. The second-order valence-corrected chi connectivity index (χ2v) is 4.29. The maximum absolute atomic E-state index is 11.2. The molecule has 4 heteroatoms. The van der Waals surface area contributed by atoms with E-state index in [1.165, 1.54) is 0 Å². The van der Waals surface area contributed by atoms with Crippen molar-refractivity contribution in [3.63, 3.8) is 0 Å². The van der Waals surface area contributed by atoms with Gasteiger partial charge in [-0.2, -0.15) is 0 Å². The van der Waals surface area contributed by atoms with Crippen molar-refractivity contribution in [3.8, 4) is 0 Å². The van der Waals surface area contributed by atoms with Crippen molar-refractivity contribution < 1.29 is 4.79 Å². The number of nitrogens with zero attached hydrogens (tertiary/aromatic N) is 1. The number of nitrogens with one attached hydrogen (secondary N) is 1. The average Bonchev–Trinajstić information content (AvgIpc) is 2.28. The van der Waals surface area contributed by atoms with Crippen LogP contribution in [0.2, 0.25) is 0 Å². The smallest absolute Gasteiger partial charge is 0.225 e. The monoisotopic (exact) mass is 244 g/mol. The number of carbonyl (C=O) groups excluding carboxylic acids is 1. The van der Waals surface area contributed by atoms with Crippen LogP contribution in [-0.2, 0) is 4.79 Å². The first-order valence-corrected chi connectivity index (χ1v) is 6.65. The Hall–Kier alpha value is -0.640. The molecule has 0 heterocycles. The van der Waals surface area contributed by atoms with E-state index in [-0.39, 0.29) is 5.91 Å². The van der Waals surface area contributed by atoms with Gasteiger partial charge in [-0.3, -0.25) is 4.79 Å². The Bertz CT molecular complexity index is 211. The van der Waals surface area contributed by atoms with Crippen molar-refractivity contribution in [2.24, 2.45) is 0 Å². The molecule has 0 unspecified atom stereocenters. The zero-order valence-electron chi connectivity index (χ0n) is 10.7. The van der Waals surface area contributed by atoms with Crippen LogP contribution in [0.3, 0.4) is 0 Å². The molecule has 0 rings (SSSR count). The van der Waals surface area contributed by atoms with Crippen LogP contribution in [0.1, 0.15) is 52.9 Å². The van der Waals surface area contributed by atoms with E-state index in [0.29, 0.717) is 11.5 Å². The summed E-state index contributed by atoms with van der Waals surface area (Å²) in [6, 6.07) is 0. The number of unbranched alkanes of at least 4 members (excludes halogenated alkanes) is 2. The molecule has 0 saturated heterocycles. The van der Waals surface area contributed by atoms with Crippen LogP contribution in [0.25, 0.3) is 0 Å². The van der Waals surface area contributed by atoms with Crippen LogP contribution in [0, 0.1) is 0 Å². The van der Waals surface area contributed by atoms with Crippen molar-refractivity contribution in [2.45, 2.75) is 52.9 Å². The highest BCUT2D eigenvalue weighted by atomic mass is 32.1. The van der Waals surface area contributed by atoms with Gasteiger partial charge in [0, 0.05) is 19.5 Å². The summed E-state index contributed by atoms with van der Waals surface area (Å²) in [5.74, 6) is 0.00277. The predicted molar refractivity (Wildman–Crippen MR) is 72.4 cm³/mol. The van der Waals surface area contributed by atoms with Gasteiger partial charge in [0.25, 0.3) is 0 Å². The number of hydrogen-bond acceptors (Lipinski definition) is 2. The molecule has 16 heavy (non-hydrogen) atoms. The summed E-state index contributed by atoms with van der Waals surface area (Å²) in [5, 5.41) is 3.36. The van der Waals surface area contributed by atoms with E-state index in [1.54, 1.807) is 0 Å². The number of amides is 1. The van der Waals surface area contributed by atoms with E-state index in [2.05, 4.69) is 24.1 Å². The predicted octanol–water partition coefficient (Wildman–Crippen LogP) is 2.70. The van der Waals surface area contributed by atoms with Gasteiger partial charge < -0.3 is 10.2 Å². The van der Waals surface area contributed by atoms with E-state index in [0.717, 1.165) is 38.8 Å². The Labute approximate surface area is 105 Å². The van der Waals surface area contributed by atoms with Gasteiger partial charge in [0.1, 0.15) is 0 Å². The third-order valence-corrected chi connectivity index (χ3v) is 2.78. The molecule has 1 amide bonds. The van der Waals surface area contributed by atoms with Crippen LogP contribution in [0.5, 0.6) is 0 Å². The van der Waals surface area contributed by atoms with E-state index in [4.69, 9.17) is 12.2 Å². The molecule has 0 aliphatic carbocycles. The maximum atomic E-state index is 11.2. The summed E-state index contributed by atoms with van der Waals surface area (Å²) in [6.07, 6.45) is 5.01. The first-order chi connectivity index (χ1) is 7.65. The lowest BCUT2D eigenvalue weighted by molar-refractivity contribution is -0.119. The number of carbonyl (C=O) groups is 1. The van der Waals surface area contributed by atoms with Crippen molar-refractivity contribution in [2.75, 3.05) is 13.1 Å². The molecule has 0 spiro atoms. The summed E-state index contributed by atoms with van der Waals surface area (Å²) in [5.41, 5.74) is 0. The molecule has 0 aliphatic heterocycles. The Kier molecular flexibility index (Phi) is 9.19. The quantitative estimate of drug-likeness (QED) is 0.699. The molecule has 1 N–H and O–H groups in total. The molecular formula is C12H24N2OS. The van der Waals surface area contributed by atoms with Gasteiger partial charge in [0.15, 0.2) is 5.11 Å². The SMILES string of the molecule is CCCCN(CCCC)C(=S)NC(=O)CC. The van der Waals surface area contributed by atoms with E-state index in [9.17, 15) is 4.79 Å². The topological polar surface area (TPSA) is 32.3 Å². The Balaban J connectivity index is 4.13. The van der Waals surface area contributed by atoms with Crippen molar-refractivity contribution in [1.29, 1.82) is 0 Å². The summed E-state index contributed by atoms with van der Waals surface area (Å²) in [6.45, 7) is 8.04. The second kappa shape index (κ2) is 9.58. The summed E-state index contributed by atoms with van der Waals surface area (Å²) < 4.78 is 0. The van der Waals surface area contributed by atoms with Crippen molar-refractivity contribution in [3.05, 3.63) is 0 Å². The Morgan fingerprint density at radius 3 is 2.00 bits per heavy atom. The molecule has 0 aromatic rings. The fourth-order valence-corrected chi connectivity index (χ4v) is 1.60. The minimum absolute atomic E-state index is 0.00277. The van der Waals surface area contributed by atoms with Gasteiger partial charge >= 0.3 is 0 Å². The van der Waals surface area contributed by atoms with Gasteiger partial charge in [-0.05, 0) is 25.1 Å². The van der Waals surface area contributed by atoms with E-state index >= 15 is 0 Å². The highest BCUT2D eigenvalue weighted by Crippen LogP contribution is 2.00. The van der Waals surface area contributed by atoms with Crippen LogP contribution in [-0.4, -0.2) is 29.0 Å². The van der Waals surface area contributed by atoms with Gasteiger partial charge in [-0.1, -0.05) is 33.6 Å². The van der Waals surface area contributed by atoms with Crippen LogP contribution in [0.4, 0.5) is 0 Å². The van der Waals surface area contributed by atoms with E-state index in [1.807, 2.05) is 6.92 Å². The number of thiocarbonyl (C=S) groups is 1. The lowest BCUT2D eigenvalue weighted by Gasteiger charge is -2.25. The minimum Gasteiger partial charge on any atom is -0.349 e. The minimum atomic E-state index is 0.00277. The molecule has 0 fully saturated rings. The van der Waals surface area contributed by atoms with Gasteiger partial charge in [0.2, 0.25) is 5.91 Å². The van der Waals surface area contributed by atoms with Crippen LogP contribution in [0.15, 0.2) is 0 Å². The lowest BCUT2D eigenvalue weighted by Crippen LogP contribution is -2.43. The molecule has 0 aliphatic rings. The van der Waals surface area contributed by atoms with Gasteiger partial charge in [-0.15, -0.1) is 0 Å². The highest BCUT2D eigenvalue weighted by Gasteiger charge is 2.10. The van der Waals surface area contributed by atoms with Crippen LogP contribution >= 0.6 is 12.2 Å².